The average Bonchev–Trinajstić information content (AvgIpc) is 2.70. The number of rotatable bonds is 5. The fourth-order valence-electron chi connectivity index (χ4n) is 2.86. The van der Waals surface area contributed by atoms with Crippen LogP contribution < -0.4 is 10.2 Å². The molecule has 2 aromatic rings. The molecule has 0 radical (unpaired) electrons. The smallest absolute Gasteiger partial charge is 0.135 e. The van der Waals surface area contributed by atoms with Gasteiger partial charge in [0.15, 0.2) is 0 Å². The molecule has 0 bridgehead atoms. The SMILES string of the molecule is CCNCc1c(C)nn(C)c1N(C)c1ccc(C)cc1C. The van der Waals surface area contributed by atoms with Crippen LogP contribution in [0.5, 0.6) is 0 Å². The van der Waals surface area contributed by atoms with E-state index in [0.29, 0.717) is 0 Å². The first-order valence-corrected chi connectivity index (χ1v) is 7.49. The summed E-state index contributed by atoms with van der Waals surface area (Å²) in [5.74, 6) is 1.15. The minimum Gasteiger partial charge on any atom is -0.329 e. The lowest BCUT2D eigenvalue weighted by atomic mass is 10.1. The lowest BCUT2D eigenvalue weighted by molar-refractivity contribution is 0.721. The van der Waals surface area contributed by atoms with Gasteiger partial charge >= 0.3 is 0 Å². The lowest BCUT2D eigenvalue weighted by Gasteiger charge is -2.23. The van der Waals surface area contributed by atoms with Crippen molar-refractivity contribution in [3.8, 4) is 0 Å². The number of anilines is 2. The van der Waals surface area contributed by atoms with E-state index >= 15 is 0 Å². The van der Waals surface area contributed by atoms with Crippen LogP contribution in [0.4, 0.5) is 11.5 Å². The van der Waals surface area contributed by atoms with Crippen molar-refractivity contribution in [2.45, 2.75) is 34.2 Å². The minimum atomic E-state index is 0.848. The minimum absolute atomic E-state index is 0.848. The van der Waals surface area contributed by atoms with Gasteiger partial charge in [-0.15, -0.1) is 0 Å². The molecular formula is C17H26N4. The Bertz CT molecular complexity index is 628. The van der Waals surface area contributed by atoms with Crippen molar-refractivity contribution < 1.29 is 0 Å². The van der Waals surface area contributed by atoms with E-state index in [1.165, 1.54) is 22.4 Å². The van der Waals surface area contributed by atoms with Crippen molar-refractivity contribution in [2.75, 3.05) is 18.5 Å². The number of benzene rings is 1. The third-order valence-electron chi connectivity index (χ3n) is 3.90. The van der Waals surface area contributed by atoms with E-state index in [1.807, 2.05) is 11.7 Å². The Kier molecular flexibility index (Phi) is 4.68. The van der Waals surface area contributed by atoms with Crippen molar-refractivity contribution in [3.63, 3.8) is 0 Å². The molecule has 1 heterocycles. The van der Waals surface area contributed by atoms with Crippen LogP contribution in [0.3, 0.4) is 0 Å². The summed E-state index contributed by atoms with van der Waals surface area (Å²) in [6.45, 7) is 10.3. The standard InChI is InChI=1S/C17H26N4/c1-7-18-11-15-14(4)19-21(6)17(15)20(5)16-9-8-12(2)10-13(16)3/h8-10,18H,7,11H2,1-6H3. The molecule has 4 nitrogen and oxygen atoms in total. The van der Waals surface area contributed by atoms with Crippen molar-refractivity contribution in [1.29, 1.82) is 0 Å². The second-order valence-electron chi connectivity index (χ2n) is 5.64. The van der Waals surface area contributed by atoms with E-state index in [4.69, 9.17) is 0 Å². The molecule has 1 N–H and O–H groups in total. The summed E-state index contributed by atoms with van der Waals surface area (Å²) in [6, 6.07) is 6.56. The van der Waals surface area contributed by atoms with Crippen LogP contribution in [0.15, 0.2) is 18.2 Å². The zero-order valence-corrected chi connectivity index (χ0v) is 14.0. The average molecular weight is 286 g/mol. The highest BCUT2D eigenvalue weighted by atomic mass is 15.4. The predicted octanol–water partition coefficient (Wildman–Crippen LogP) is 3.22. The van der Waals surface area contributed by atoms with E-state index in [9.17, 15) is 0 Å². The van der Waals surface area contributed by atoms with Crippen molar-refractivity contribution in [3.05, 3.63) is 40.6 Å². The van der Waals surface area contributed by atoms with Crippen LogP contribution in [0.1, 0.15) is 29.3 Å². The number of nitrogens with one attached hydrogen (secondary N) is 1. The molecule has 0 saturated carbocycles. The first kappa shape index (κ1) is 15.6. The summed E-state index contributed by atoms with van der Waals surface area (Å²) >= 11 is 0. The summed E-state index contributed by atoms with van der Waals surface area (Å²) in [7, 11) is 4.13. The molecule has 0 aliphatic heterocycles. The lowest BCUT2D eigenvalue weighted by Crippen LogP contribution is -2.19. The molecule has 0 amide bonds. The molecule has 1 aromatic carbocycles. The quantitative estimate of drug-likeness (QED) is 0.916. The second-order valence-corrected chi connectivity index (χ2v) is 5.64. The van der Waals surface area contributed by atoms with Gasteiger partial charge in [-0.25, -0.2) is 0 Å². The fraction of sp³-hybridized carbons (Fsp3) is 0.471. The third kappa shape index (κ3) is 3.10. The number of nitrogens with zero attached hydrogens (tertiary/aromatic N) is 3. The van der Waals surface area contributed by atoms with Crippen LogP contribution in [0.2, 0.25) is 0 Å². The van der Waals surface area contributed by atoms with Gasteiger partial charge in [-0.05, 0) is 38.9 Å². The zero-order chi connectivity index (χ0) is 15.6. The van der Waals surface area contributed by atoms with Crippen molar-refractivity contribution in [1.82, 2.24) is 15.1 Å². The maximum absolute atomic E-state index is 4.59. The number of hydrogen-bond acceptors (Lipinski definition) is 3. The molecule has 4 heteroatoms. The normalized spacial score (nSPS) is 11.0. The molecule has 0 aliphatic carbocycles. The maximum Gasteiger partial charge on any atom is 0.135 e. The Hall–Kier alpha value is -1.81. The molecule has 21 heavy (non-hydrogen) atoms. The van der Waals surface area contributed by atoms with Crippen LogP contribution in [-0.4, -0.2) is 23.4 Å². The van der Waals surface area contributed by atoms with E-state index in [1.54, 1.807) is 0 Å². The molecule has 0 fully saturated rings. The Morgan fingerprint density at radius 3 is 2.57 bits per heavy atom. The van der Waals surface area contributed by atoms with Gasteiger partial charge in [-0.3, -0.25) is 4.68 Å². The van der Waals surface area contributed by atoms with Crippen LogP contribution >= 0.6 is 0 Å². The van der Waals surface area contributed by atoms with Crippen LogP contribution in [-0.2, 0) is 13.6 Å². The van der Waals surface area contributed by atoms with Gasteiger partial charge in [0, 0.05) is 31.9 Å². The first-order chi connectivity index (χ1) is 9.95. The van der Waals surface area contributed by atoms with Gasteiger partial charge in [0.05, 0.1) is 5.69 Å². The zero-order valence-electron chi connectivity index (χ0n) is 14.0. The Balaban J connectivity index is 2.44. The molecule has 0 aliphatic rings. The van der Waals surface area contributed by atoms with Crippen molar-refractivity contribution in [2.24, 2.45) is 7.05 Å². The van der Waals surface area contributed by atoms with Gasteiger partial charge in [-0.1, -0.05) is 24.6 Å². The van der Waals surface area contributed by atoms with Gasteiger partial charge in [0.1, 0.15) is 5.82 Å². The highest BCUT2D eigenvalue weighted by Crippen LogP contribution is 2.31. The summed E-state index contributed by atoms with van der Waals surface area (Å²) in [6.07, 6.45) is 0. The van der Waals surface area contributed by atoms with E-state index in [2.05, 4.69) is 68.3 Å². The van der Waals surface area contributed by atoms with Gasteiger partial charge in [0.25, 0.3) is 0 Å². The predicted molar refractivity (Wildman–Crippen MR) is 89.3 cm³/mol. The second kappa shape index (κ2) is 6.31. The number of aromatic nitrogens is 2. The van der Waals surface area contributed by atoms with Crippen LogP contribution in [0.25, 0.3) is 0 Å². The number of aryl methyl sites for hydroxylation is 4. The molecule has 0 saturated heterocycles. The first-order valence-electron chi connectivity index (χ1n) is 7.49. The highest BCUT2D eigenvalue weighted by molar-refractivity contribution is 5.66. The van der Waals surface area contributed by atoms with Gasteiger partial charge < -0.3 is 10.2 Å². The maximum atomic E-state index is 4.59. The monoisotopic (exact) mass is 286 g/mol. The summed E-state index contributed by atoms with van der Waals surface area (Å²) in [4.78, 5) is 2.24. The molecule has 0 atom stereocenters. The van der Waals surface area contributed by atoms with E-state index < -0.39 is 0 Å². The Morgan fingerprint density at radius 1 is 1.24 bits per heavy atom. The van der Waals surface area contributed by atoms with Gasteiger partial charge in [0.2, 0.25) is 0 Å². The summed E-state index contributed by atoms with van der Waals surface area (Å²) in [5, 5.41) is 8.00. The van der Waals surface area contributed by atoms with Crippen molar-refractivity contribution >= 4 is 11.5 Å². The topological polar surface area (TPSA) is 33.1 Å². The molecular weight excluding hydrogens is 260 g/mol. The number of hydrogen-bond donors (Lipinski definition) is 1. The molecule has 1 aromatic heterocycles. The van der Waals surface area contributed by atoms with E-state index in [-0.39, 0.29) is 0 Å². The molecule has 114 valence electrons. The Labute approximate surface area is 127 Å². The molecule has 0 spiro atoms. The summed E-state index contributed by atoms with van der Waals surface area (Å²) < 4.78 is 1.97. The van der Waals surface area contributed by atoms with Gasteiger partial charge in [-0.2, -0.15) is 5.10 Å². The highest BCUT2D eigenvalue weighted by Gasteiger charge is 2.18. The van der Waals surface area contributed by atoms with Crippen LogP contribution in [0, 0.1) is 20.8 Å². The molecule has 2 rings (SSSR count). The summed E-state index contributed by atoms with van der Waals surface area (Å²) in [5.41, 5.74) is 6.15. The Morgan fingerprint density at radius 2 is 1.95 bits per heavy atom. The third-order valence-corrected chi connectivity index (χ3v) is 3.90. The molecule has 0 unspecified atom stereocenters. The largest absolute Gasteiger partial charge is 0.329 e. The fourth-order valence-corrected chi connectivity index (χ4v) is 2.86. The van der Waals surface area contributed by atoms with E-state index in [0.717, 1.165) is 24.6 Å².